The first-order chi connectivity index (χ1) is 6.81. The molecule has 0 fully saturated rings. The van der Waals surface area contributed by atoms with Crippen LogP contribution in [0.4, 0.5) is 4.39 Å². The highest BCUT2D eigenvalue weighted by atomic mass is 19.1. The summed E-state index contributed by atoms with van der Waals surface area (Å²) in [6.45, 7) is 0.271. The van der Waals surface area contributed by atoms with Crippen molar-refractivity contribution < 1.29 is 4.39 Å². The van der Waals surface area contributed by atoms with Gasteiger partial charge in [-0.1, -0.05) is 5.21 Å². The molecule has 0 bridgehead atoms. The van der Waals surface area contributed by atoms with Gasteiger partial charge in [-0.3, -0.25) is 0 Å². The third-order valence-corrected chi connectivity index (χ3v) is 1.93. The third kappa shape index (κ3) is 1.49. The summed E-state index contributed by atoms with van der Waals surface area (Å²) in [7, 11) is 0. The molecule has 0 unspecified atom stereocenters. The number of aromatic nitrogens is 3. The van der Waals surface area contributed by atoms with Crippen LogP contribution in [0.5, 0.6) is 0 Å². The molecule has 0 saturated heterocycles. The van der Waals surface area contributed by atoms with E-state index in [-0.39, 0.29) is 12.4 Å². The van der Waals surface area contributed by atoms with Gasteiger partial charge in [-0.15, -0.1) is 5.10 Å². The molecule has 2 N–H and O–H groups in total. The van der Waals surface area contributed by atoms with Gasteiger partial charge in [0.15, 0.2) is 0 Å². The zero-order valence-corrected chi connectivity index (χ0v) is 7.39. The molecule has 4 nitrogen and oxygen atoms in total. The molecule has 0 aliphatic rings. The Morgan fingerprint density at radius 1 is 1.43 bits per heavy atom. The van der Waals surface area contributed by atoms with Crippen molar-refractivity contribution in [1.29, 1.82) is 0 Å². The van der Waals surface area contributed by atoms with E-state index in [2.05, 4.69) is 10.3 Å². The highest BCUT2D eigenvalue weighted by Gasteiger charge is 2.04. The summed E-state index contributed by atoms with van der Waals surface area (Å²) in [5, 5.41) is 7.49. The van der Waals surface area contributed by atoms with E-state index in [1.54, 1.807) is 23.1 Å². The van der Waals surface area contributed by atoms with Crippen molar-refractivity contribution in [1.82, 2.24) is 15.0 Å². The van der Waals surface area contributed by atoms with Gasteiger partial charge in [0, 0.05) is 6.54 Å². The van der Waals surface area contributed by atoms with Gasteiger partial charge in [0.05, 0.1) is 18.1 Å². The zero-order chi connectivity index (χ0) is 9.97. The fourth-order valence-corrected chi connectivity index (χ4v) is 1.28. The average molecular weight is 192 g/mol. The Bertz CT molecular complexity index is 424. The largest absolute Gasteiger partial charge is 0.326 e. The number of hydrogen-bond acceptors (Lipinski definition) is 3. The molecule has 1 aromatic heterocycles. The van der Waals surface area contributed by atoms with Crippen LogP contribution in [0.1, 0.15) is 5.56 Å². The highest BCUT2D eigenvalue weighted by molar-refractivity contribution is 5.40. The second-order valence-corrected chi connectivity index (χ2v) is 2.82. The molecule has 2 aromatic rings. The van der Waals surface area contributed by atoms with E-state index in [4.69, 9.17) is 5.73 Å². The van der Waals surface area contributed by atoms with Crippen molar-refractivity contribution in [3.8, 4) is 5.69 Å². The number of nitrogens with zero attached hydrogens (tertiary/aromatic N) is 3. The third-order valence-electron chi connectivity index (χ3n) is 1.93. The first kappa shape index (κ1) is 8.83. The second-order valence-electron chi connectivity index (χ2n) is 2.82. The topological polar surface area (TPSA) is 56.7 Å². The Morgan fingerprint density at radius 3 is 2.93 bits per heavy atom. The van der Waals surface area contributed by atoms with Crippen molar-refractivity contribution in [3.05, 3.63) is 42.0 Å². The van der Waals surface area contributed by atoms with Crippen LogP contribution in [0, 0.1) is 5.82 Å². The molecule has 0 saturated carbocycles. The van der Waals surface area contributed by atoms with Gasteiger partial charge in [-0.25, -0.2) is 9.07 Å². The number of halogens is 1. The quantitative estimate of drug-likeness (QED) is 0.767. The van der Waals surface area contributed by atoms with Crippen molar-refractivity contribution in [3.63, 3.8) is 0 Å². The lowest BCUT2D eigenvalue weighted by Crippen LogP contribution is -2.05. The lowest BCUT2D eigenvalue weighted by molar-refractivity contribution is 0.623. The molecule has 1 heterocycles. The van der Waals surface area contributed by atoms with Crippen molar-refractivity contribution >= 4 is 0 Å². The van der Waals surface area contributed by atoms with E-state index >= 15 is 0 Å². The van der Waals surface area contributed by atoms with Crippen molar-refractivity contribution in [2.45, 2.75) is 6.54 Å². The maximum atomic E-state index is 12.9. The standard InChI is InChI=1S/C9H9FN4/c10-8-1-2-9(7(5-8)6-11)14-4-3-12-13-14/h1-5H,6,11H2. The van der Waals surface area contributed by atoms with E-state index in [0.717, 1.165) is 5.69 Å². The molecular weight excluding hydrogens is 183 g/mol. The Morgan fingerprint density at radius 2 is 2.29 bits per heavy atom. The van der Waals surface area contributed by atoms with E-state index in [0.29, 0.717) is 5.56 Å². The minimum absolute atomic E-state index is 0.271. The fraction of sp³-hybridized carbons (Fsp3) is 0.111. The van der Waals surface area contributed by atoms with E-state index in [1.165, 1.54) is 12.1 Å². The first-order valence-electron chi connectivity index (χ1n) is 4.16. The molecule has 5 heteroatoms. The monoisotopic (exact) mass is 192 g/mol. The Kier molecular flexibility index (Phi) is 2.24. The van der Waals surface area contributed by atoms with Crippen LogP contribution in [0.25, 0.3) is 5.69 Å². The highest BCUT2D eigenvalue weighted by Crippen LogP contribution is 2.14. The Hall–Kier alpha value is -1.75. The summed E-state index contributed by atoms with van der Waals surface area (Å²) in [6.07, 6.45) is 3.25. The molecule has 0 aliphatic carbocycles. The summed E-state index contributed by atoms with van der Waals surface area (Å²) >= 11 is 0. The van der Waals surface area contributed by atoms with E-state index < -0.39 is 0 Å². The van der Waals surface area contributed by atoms with Gasteiger partial charge >= 0.3 is 0 Å². The predicted molar refractivity (Wildman–Crippen MR) is 49.2 cm³/mol. The van der Waals surface area contributed by atoms with Gasteiger partial charge in [0.1, 0.15) is 5.82 Å². The van der Waals surface area contributed by atoms with Crippen molar-refractivity contribution in [2.75, 3.05) is 0 Å². The van der Waals surface area contributed by atoms with Crippen LogP contribution in [0.15, 0.2) is 30.6 Å². The molecule has 14 heavy (non-hydrogen) atoms. The minimum atomic E-state index is -0.297. The van der Waals surface area contributed by atoms with Crippen LogP contribution in [-0.2, 0) is 6.54 Å². The SMILES string of the molecule is NCc1cc(F)ccc1-n1ccnn1. The van der Waals surface area contributed by atoms with Gasteiger partial charge in [0.25, 0.3) is 0 Å². The average Bonchev–Trinajstić information content (AvgIpc) is 2.70. The zero-order valence-electron chi connectivity index (χ0n) is 7.39. The van der Waals surface area contributed by atoms with Gasteiger partial charge in [-0.2, -0.15) is 0 Å². The van der Waals surface area contributed by atoms with Crippen LogP contribution in [0.3, 0.4) is 0 Å². The molecule has 72 valence electrons. The summed E-state index contributed by atoms with van der Waals surface area (Å²) in [5.74, 6) is -0.297. The normalized spacial score (nSPS) is 10.4. The second kappa shape index (κ2) is 3.55. The molecular formula is C9H9FN4. The maximum absolute atomic E-state index is 12.9. The Balaban J connectivity index is 2.53. The molecule has 2 rings (SSSR count). The number of rotatable bonds is 2. The van der Waals surface area contributed by atoms with Crippen LogP contribution >= 0.6 is 0 Å². The molecule has 0 atom stereocenters. The summed E-state index contributed by atoms with van der Waals surface area (Å²) < 4.78 is 14.4. The molecule has 0 spiro atoms. The molecule has 0 radical (unpaired) electrons. The predicted octanol–water partition coefficient (Wildman–Crippen LogP) is 0.865. The van der Waals surface area contributed by atoms with E-state index in [1.807, 2.05) is 0 Å². The van der Waals surface area contributed by atoms with Crippen LogP contribution < -0.4 is 5.73 Å². The summed E-state index contributed by atoms with van der Waals surface area (Å²) in [4.78, 5) is 0. The lowest BCUT2D eigenvalue weighted by atomic mass is 10.2. The fourth-order valence-electron chi connectivity index (χ4n) is 1.28. The summed E-state index contributed by atoms with van der Waals surface area (Å²) in [6, 6.07) is 4.40. The maximum Gasteiger partial charge on any atom is 0.123 e. The van der Waals surface area contributed by atoms with Crippen LogP contribution in [0.2, 0.25) is 0 Å². The first-order valence-corrected chi connectivity index (χ1v) is 4.16. The number of nitrogens with two attached hydrogens (primary N) is 1. The smallest absolute Gasteiger partial charge is 0.123 e. The van der Waals surface area contributed by atoms with Crippen LogP contribution in [-0.4, -0.2) is 15.0 Å². The van der Waals surface area contributed by atoms with Gasteiger partial charge in [0.2, 0.25) is 0 Å². The number of benzene rings is 1. The molecule has 0 aliphatic heterocycles. The summed E-state index contributed by atoms with van der Waals surface area (Å²) in [5.41, 5.74) is 6.96. The van der Waals surface area contributed by atoms with Crippen molar-refractivity contribution in [2.24, 2.45) is 5.73 Å². The van der Waals surface area contributed by atoms with E-state index in [9.17, 15) is 4.39 Å². The molecule has 1 aromatic carbocycles. The van der Waals surface area contributed by atoms with Gasteiger partial charge in [-0.05, 0) is 23.8 Å². The van der Waals surface area contributed by atoms with Gasteiger partial charge < -0.3 is 5.73 Å². The molecule has 0 amide bonds. The Labute approximate surface area is 80.2 Å². The number of hydrogen-bond donors (Lipinski definition) is 1. The lowest BCUT2D eigenvalue weighted by Gasteiger charge is -2.06. The minimum Gasteiger partial charge on any atom is -0.326 e.